The van der Waals surface area contributed by atoms with Crippen LogP contribution in [0.1, 0.15) is 27.2 Å². The molecular weight excluding hydrogens is 164 g/mol. The van der Waals surface area contributed by atoms with Crippen LogP contribution < -0.4 is 0 Å². The van der Waals surface area contributed by atoms with Crippen LogP contribution in [0, 0.1) is 5.41 Å². The summed E-state index contributed by atoms with van der Waals surface area (Å²) in [5.41, 5.74) is -1.08. The first-order valence-corrected chi connectivity index (χ1v) is 3.73. The normalized spacial score (nSPS) is 12.4. The molecule has 12 heavy (non-hydrogen) atoms. The minimum atomic E-state index is -2.78. The largest absolute Gasteiger partial charge is 0.254 e. The van der Waals surface area contributed by atoms with E-state index in [-0.39, 0.29) is 6.54 Å². The molecule has 0 saturated heterocycles. The first kappa shape index (κ1) is 11.2. The Hall–Kier alpha value is -0.760. The van der Waals surface area contributed by atoms with Crippen molar-refractivity contribution in [2.24, 2.45) is 10.4 Å². The van der Waals surface area contributed by atoms with Crippen LogP contribution in [0.25, 0.3) is 0 Å². The molecule has 0 saturated carbocycles. The van der Waals surface area contributed by atoms with E-state index in [1.165, 1.54) is 26.9 Å². The van der Waals surface area contributed by atoms with Gasteiger partial charge in [-0.25, -0.2) is 18.6 Å². The van der Waals surface area contributed by atoms with Gasteiger partial charge in [0.05, 0.1) is 6.54 Å². The Kier molecular flexibility index (Phi) is 3.53. The van der Waals surface area contributed by atoms with Crippen LogP contribution >= 0.6 is 0 Å². The maximum absolute atomic E-state index is 13.1. The maximum Gasteiger partial charge on any atom is 0.254 e. The van der Waals surface area contributed by atoms with Crippen molar-refractivity contribution < 1.29 is 13.6 Å². The Morgan fingerprint density at radius 2 is 1.83 bits per heavy atom. The minimum absolute atomic E-state index is 0.159. The highest BCUT2D eigenvalue weighted by atomic mass is 19.3. The van der Waals surface area contributed by atoms with Gasteiger partial charge in [-0.15, -0.1) is 0 Å². The van der Waals surface area contributed by atoms with Gasteiger partial charge in [0.1, 0.15) is 0 Å². The fraction of sp³-hybridized carbons (Fsp3) is 0.875. The van der Waals surface area contributed by atoms with E-state index < -0.39 is 17.8 Å². The summed E-state index contributed by atoms with van der Waals surface area (Å²) < 4.78 is 26.1. The molecule has 0 aromatic rings. The molecule has 0 fully saturated rings. The molecule has 0 aromatic carbocycles. The monoisotopic (exact) mass is 177 g/mol. The van der Waals surface area contributed by atoms with Crippen LogP contribution in [-0.2, 0) is 4.79 Å². The minimum Gasteiger partial charge on any atom is -0.211 e. The van der Waals surface area contributed by atoms with Gasteiger partial charge in [0, 0.05) is 11.8 Å². The Balaban J connectivity index is 4.13. The van der Waals surface area contributed by atoms with E-state index in [2.05, 4.69) is 4.99 Å². The number of halogens is 2. The highest BCUT2D eigenvalue weighted by molar-refractivity contribution is 5.32. The lowest BCUT2D eigenvalue weighted by Gasteiger charge is -2.29. The second-order valence-corrected chi connectivity index (χ2v) is 3.68. The number of aliphatic imine (C=N–C) groups is 1. The molecule has 2 nitrogen and oxygen atoms in total. The quantitative estimate of drug-likeness (QED) is 0.480. The molecule has 0 aliphatic rings. The number of hydrogen-bond acceptors (Lipinski definition) is 2. The number of carbonyl (C=O) groups excluding carboxylic acids is 1. The molecule has 0 atom stereocenters. The predicted octanol–water partition coefficient (Wildman–Crippen LogP) is 2.39. The van der Waals surface area contributed by atoms with Gasteiger partial charge in [-0.05, 0) is 0 Å². The van der Waals surface area contributed by atoms with Crippen molar-refractivity contribution in [3.63, 3.8) is 0 Å². The van der Waals surface area contributed by atoms with Gasteiger partial charge in [0.2, 0.25) is 6.08 Å². The zero-order valence-electron chi connectivity index (χ0n) is 7.53. The van der Waals surface area contributed by atoms with E-state index in [9.17, 15) is 13.6 Å². The van der Waals surface area contributed by atoms with Crippen LogP contribution in [0.5, 0.6) is 0 Å². The first-order valence-electron chi connectivity index (χ1n) is 3.73. The van der Waals surface area contributed by atoms with E-state index in [0.717, 1.165) is 0 Å². The molecule has 0 N–H and O–H groups in total. The van der Waals surface area contributed by atoms with Crippen molar-refractivity contribution in [2.45, 2.75) is 33.1 Å². The van der Waals surface area contributed by atoms with E-state index in [4.69, 9.17) is 0 Å². The average Bonchev–Trinajstić information content (AvgIpc) is 1.85. The number of alkyl halides is 2. The zero-order chi connectivity index (χ0) is 9.83. The molecule has 0 aromatic heterocycles. The van der Waals surface area contributed by atoms with Gasteiger partial charge >= 0.3 is 0 Å². The summed E-state index contributed by atoms with van der Waals surface area (Å²) in [5.74, 6) is -2.78. The molecule has 0 aliphatic carbocycles. The maximum atomic E-state index is 13.1. The summed E-state index contributed by atoms with van der Waals surface area (Å²) in [7, 11) is 0. The van der Waals surface area contributed by atoms with Gasteiger partial charge in [-0.1, -0.05) is 20.8 Å². The Labute approximate surface area is 70.7 Å². The van der Waals surface area contributed by atoms with Gasteiger partial charge in [0.25, 0.3) is 5.92 Å². The van der Waals surface area contributed by atoms with Crippen molar-refractivity contribution in [3.05, 3.63) is 0 Å². The first-order chi connectivity index (χ1) is 5.31. The van der Waals surface area contributed by atoms with Crippen molar-refractivity contribution in [1.29, 1.82) is 0 Å². The van der Waals surface area contributed by atoms with Crippen LogP contribution in [0.15, 0.2) is 4.99 Å². The Morgan fingerprint density at radius 3 is 2.17 bits per heavy atom. The number of nitrogens with zero attached hydrogens (tertiary/aromatic N) is 1. The topological polar surface area (TPSA) is 29.4 Å². The summed E-state index contributed by atoms with van der Waals surface area (Å²) in [6, 6.07) is 0. The highest BCUT2D eigenvalue weighted by Gasteiger charge is 2.42. The molecule has 0 spiro atoms. The molecule has 70 valence electrons. The van der Waals surface area contributed by atoms with Gasteiger partial charge in [-0.2, -0.15) is 0 Å². The van der Waals surface area contributed by atoms with Crippen molar-refractivity contribution in [2.75, 3.05) is 6.54 Å². The smallest absolute Gasteiger partial charge is 0.211 e. The third-order valence-corrected chi connectivity index (χ3v) is 1.70. The van der Waals surface area contributed by atoms with Gasteiger partial charge in [0.15, 0.2) is 0 Å². The molecule has 4 heteroatoms. The lowest BCUT2D eigenvalue weighted by Crippen LogP contribution is -2.34. The third kappa shape index (κ3) is 3.09. The number of isocyanates is 1. The van der Waals surface area contributed by atoms with E-state index in [1.807, 2.05) is 0 Å². The van der Waals surface area contributed by atoms with E-state index >= 15 is 0 Å². The molecular formula is C8H13F2NO. The fourth-order valence-corrected chi connectivity index (χ4v) is 0.617. The molecule has 0 rings (SSSR count). The zero-order valence-corrected chi connectivity index (χ0v) is 7.53. The second kappa shape index (κ2) is 3.76. The van der Waals surface area contributed by atoms with Crippen molar-refractivity contribution >= 4 is 6.08 Å². The van der Waals surface area contributed by atoms with Crippen molar-refractivity contribution in [1.82, 2.24) is 0 Å². The Bertz CT molecular complexity index is 190. The van der Waals surface area contributed by atoms with Crippen molar-refractivity contribution in [3.8, 4) is 0 Å². The third-order valence-electron chi connectivity index (χ3n) is 1.70. The Morgan fingerprint density at radius 1 is 1.33 bits per heavy atom. The number of hydrogen-bond donors (Lipinski definition) is 0. The van der Waals surface area contributed by atoms with Crippen LogP contribution in [0.2, 0.25) is 0 Å². The van der Waals surface area contributed by atoms with Crippen LogP contribution in [0.4, 0.5) is 8.78 Å². The standard InChI is InChI=1S/C8H13F2NO/c1-7(2,3)8(9,10)4-5-11-6-12/h4-5H2,1-3H3. The van der Waals surface area contributed by atoms with Gasteiger partial charge in [-0.3, -0.25) is 0 Å². The molecule has 0 amide bonds. The summed E-state index contributed by atoms with van der Waals surface area (Å²) >= 11 is 0. The highest BCUT2D eigenvalue weighted by Crippen LogP contribution is 2.38. The van der Waals surface area contributed by atoms with Crippen LogP contribution in [0.3, 0.4) is 0 Å². The van der Waals surface area contributed by atoms with Crippen LogP contribution in [-0.4, -0.2) is 18.5 Å². The fourth-order valence-electron chi connectivity index (χ4n) is 0.617. The lowest BCUT2D eigenvalue weighted by atomic mass is 9.86. The predicted molar refractivity (Wildman–Crippen MR) is 42.0 cm³/mol. The SMILES string of the molecule is CC(C)(C)C(F)(F)CCN=C=O. The van der Waals surface area contributed by atoms with E-state index in [0.29, 0.717) is 0 Å². The molecule has 0 aliphatic heterocycles. The second-order valence-electron chi connectivity index (χ2n) is 3.68. The summed E-state index contributed by atoms with van der Waals surface area (Å²) in [5, 5.41) is 0. The molecule has 0 heterocycles. The lowest BCUT2D eigenvalue weighted by molar-refractivity contribution is -0.100. The average molecular weight is 177 g/mol. The molecule has 0 radical (unpaired) electrons. The summed E-state index contributed by atoms with van der Waals surface area (Å²) in [4.78, 5) is 12.7. The number of rotatable bonds is 3. The van der Waals surface area contributed by atoms with E-state index in [1.54, 1.807) is 0 Å². The summed E-state index contributed by atoms with van der Waals surface area (Å²) in [6.45, 7) is 4.21. The molecule has 0 unspecified atom stereocenters. The van der Waals surface area contributed by atoms with Gasteiger partial charge < -0.3 is 0 Å². The molecule has 0 bridgehead atoms. The summed E-state index contributed by atoms with van der Waals surface area (Å²) in [6.07, 6.45) is 0.836.